The Morgan fingerprint density at radius 3 is 2.37 bits per heavy atom. The molecule has 2 amide bonds. The fourth-order valence-corrected chi connectivity index (χ4v) is 5.98. The molecular weight excluding hydrogens is 464 g/mol. The largest absolute Gasteiger partial charge is 0.479 e. The number of ether oxygens (including phenoxy) is 1. The molecule has 2 N–H and O–H groups in total. The summed E-state index contributed by atoms with van der Waals surface area (Å²) in [6, 6.07) is 17.2. The van der Waals surface area contributed by atoms with Crippen molar-refractivity contribution < 1.29 is 24.2 Å². The third-order valence-corrected chi connectivity index (χ3v) is 7.70. The first kappa shape index (κ1) is 23.1. The molecule has 180 valence electrons. The van der Waals surface area contributed by atoms with Gasteiger partial charge in [-0.2, -0.15) is 0 Å². The zero-order chi connectivity index (χ0) is 24.4. The highest BCUT2D eigenvalue weighted by molar-refractivity contribution is 7.10. The third kappa shape index (κ3) is 4.53. The van der Waals surface area contributed by atoms with E-state index in [2.05, 4.69) is 29.6 Å². The van der Waals surface area contributed by atoms with E-state index in [4.69, 9.17) is 4.74 Å². The molecule has 7 nitrogen and oxygen atoms in total. The third-order valence-electron chi connectivity index (χ3n) is 6.70. The maximum atomic E-state index is 12.7. The van der Waals surface area contributed by atoms with E-state index in [1.54, 1.807) is 6.07 Å². The molecule has 0 saturated heterocycles. The molecule has 2 aliphatic rings. The van der Waals surface area contributed by atoms with E-state index in [-0.39, 0.29) is 31.4 Å². The van der Waals surface area contributed by atoms with Crippen LogP contribution in [-0.4, -0.2) is 47.7 Å². The lowest BCUT2D eigenvalue weighted by Crippen LogP contribution is -2.43. The number of thiophene rings is 1. The summed E-state index contributed by atoms with van der Waals surface area (Å²) in [4.78, 5) is 39.3. The lowest BCUT2D eigenvalue weighted by molar-refractivity contribution is -0.151. The van der Waals surface area contributed by atoms with Gasteiger partial charge < -0.3 is 20.1 Å². The van der Waals surface area contributed by atoms with Gasteiger partial charge in [0.05, 0.1) is 0 Å². The first-order chi connectivity index (χ1) is 17.0. The zero-order valence-corrected chi connectivity index (χ0v) is 19.9. The van der Waals surface area contributed by atoms with Crippen molar-refractivity contribution in [1.82, 2.24) is 10.2 Å². The number of hydrogen-bond donors (Lipinski definition) is 2. The van der Waals surface area contributed by atoms with Crippen LogP contribution in [0.5, 0.6) is 0 Å². The number of hydrogen-bond acceptors (Lipinski definition) is 5. The van der Waals surface area contributed by atoms with Gasteiger partial charge >= 0.3 is 12.1 Å². The summed E-state index contributed by atoms with van der Waals surface area (Å²) in [5.41, 5.74) is 5.34. The normalized spacial score (nSPS) is 16.2. The molecule has 1 atom stereocenters. The second kappa shape index (κ2) is 9.92. The summed E-state index contributed by atoms with van der Waals surface area (Å²) in [7, 11) is 0. The maximum Gasteiger partial charge on any atom is 0.407 e. The predicted octanol–water partition coefficient (Wildman–Crippen LogP) is 4.58. The van der Waals surface area contributed by atoms with Crippen LogP contribution in [0.1, 0.15) is 46.4 Å². The number of alkyl carbamates (subject to hydrolysis) is 1. The van der Waals surface area contributed by atoms with Crippen molar-refractivity contribution >= 4 is 29.3 Å². The molecule has 1 aliphatic carbocycles. The van der Waals surface area contributed by atoms with E-state index in [9.17, 15) is 19.5 Å². The average molecular weight is 491 g/mol. The summed E-state index contributed by atoms with van der Waals surface area (Å²) in [5, 5.41) is 14.3. The van der Waals surface area contributed by atoms with Gasteiger partial charge in [0.25, 0.3) is 0 Å². The van der Waals surface area contributed by atoms with Crippen molar-refractivity contribution in [3.8, 4) is 11.1 Å². The fraction of sp³-hybridized carbons (Fsp3) is 0.296. The van der Waals surface area contributed by atoms with Gasteiger partial charge in [-0.1, -0.05) is 48.5 Å². The van der Waals surface area contributed by atoms with Crippen molar-refractivity contribution in [2.45, 2.75) is 31.2 Å². The predicted molar refractivity (Wildman–Crippen MR) is 132 cm³/mol. The quantitative estimate of drug-likeness (QED) is 0.473. The molecule has 1 unspecified atom stereocenters. The van der Waals surface area contributed by atoms with Gasteiger partial charge in [0, 0.05) is 30.3 Å². The molecule has 0 saturated carbocycles. The molecular formula is C27H26N2O5S. The van der Waals surface area contributed by atoms with Crippen LogP contribution < -0.4 is 5.32 Å². The van der Waals surface area contributed by atoms with Crippen LogP contribution >= 0.6 is 11.3 Å². The number of nitrogens with one attached hydrogen (secondary N) is 1. The molecule has 1 aliphatic heterocycles. The van der Waals surface area contributed by atoms with Crippen molar-refractivity contribution in [2.75, 3.05) is 19.7 Å². The van der Waals surface area contributed by atoms with Gasteiger partial charge in [-0.25, -0.2) is 9.59 Å². The molecule has 2 heterocycles. The second-order valence-electron chi connectivity index (χ2n) is 8.73. The smallest absolute Gasteiger partial charge is 0.407 e. The minimum Gasteiger partial charge on any atom is -0.479 e. The van der Waals surface area contributed by atoms with E-state index < -0.39 is 18.1 Å². The van der Waals surface area contributed by atoms with E-state index in [0.717, 1.165) is 16.0 Å². The number of carboxylic acids is 1. The summed E-state index contributed by atoms with van der Waals surface area (Å²) in [6.07, 6.45) is 0.707. The van der Waals surface area contributed by atoms with Crippen LogP contribution in [0.15, 0.2) is 60.0 Å². The molecule has 0 radical (unpaired) electrons. The van der Waals surface area contributed by atoms with Crippen LogP contribution in [0.4, 0.5) is 4.79 Å². The highest BCUT2D eigenvalue weighted by Gasteiger charge is 2.36. The molecule has 2 aromatic carbocycles. The standard InChI is InChI=1S/C27H26N2O5S/c30-24(29-14-11-23-21(12-15-35-23)25(29)26(31)32)10-5-13-28-27(33)34-16-22-19-8-3-1-6-17(19)18-7-2-4-9-20(18)22/h1-4,6-9,12,15,22,25H,5,10-11,13-14,16H2,(H,28,33)(H,31,32). The van der Waals surface area contributed by atoms with Crippen molar-refractivity contribution in [1.29, 1.82) is 0 Å². The Hall–Kier alpha value is -3.65. The Morgan fingerprint density at radius 1 is 1.00 bits per heavy atom. The zero-order valence-electron chi connectivity index (χ0n) is 19.1. The number of carboxylic acid groups (broad SMARTS) is 1. The van der Waals surface area contributed by atoms with E-state index in [1.165, 1.54) is 27.4 Å². The molecule has 0 bridgehead atoms. The molecule has 3 aromatic rings. The van der Waals surface area contributed by atoms with E-state index >= 15 is 0 Å². The fourth-order valence-electron chi connectivity index (χ4n) is 5.07. The Bertz CT molecular complexity index is 1220. The van der Waals surface area contributed by atoms with Crippen LogP contribution in [0.25, 0.3) is 11.1 Å². The first-order valence-corrected chi connectivity index (χ1v) is 12.6. The summed E-state index contributed by atoms with van der Waals surface area (Å²) < 4.78 is 5.52. The first-order valence-electron chi connectivity index (χ1n) is 11.7. The maximum absolute atomic E-state index is 12.7. The number of rotatable bonds is 7. The van der Waals surface area contributed by atoms with Crippen LogP contribution in [0.2, 0.25) is 0 Å². The van der Waals surface area contributed by atoms with Crippen LogP contribution in [0, 0.1) is 0 Å². The highest BCUT2D eigenvalue weighted by Crippen LogP contribution is 2.44. The number of amides is 2. The van der Waals surface area contributed by atoms with Crippen molar-refractivity contribution in [2.24, 2.45) is 0 Å². The van der Waals surface area contributed by atoms with Gasteiger partial charge in [0.1, 0.15) is 6.61 Å². The lowest BCUT2D eigenvalue weighted by Gasteiger charge is -2.33. The van der Waals surface area contributed by atoms with Gasteiger partial charge in [0.15, 0.2) is 6.04 Å². The molecule has 0 fully saturated rings. The Morgan fingerprint density at radius 2 is 1.69 bits per heavy atom. The molecule has 5 rings (SSSR count). The summed E-state index contributed by atoms with van der Waals surface area (Å²) in [6.45, 7) is 0.899. The minimum absolute atomic E-state index is 0.0104. The lowest BCUT2D eigenvalue weighted by atomic mass is 9.98. The number of benzene rings is 2. The monoisotopic (exact) mass is 490 g/mol. The molecule has 1 aromatic heterocycles. The topological polar surface area (TPSA) is 95.9 Å². The number of carbonyl (C=O) groups excluding carboxylic acids is 2. The molecule has 0 spiro atoms. The molecule has 35 heavy (non-hydrogen) atoms. The Labute approximate surface area is 207 Å². The minimum atomic E-state index is -1.02. The summed E-state index contributed by atoms with van der Waals surface area (Å²) >= 11 is 1.53. The van der Waals surface area contributed by atoms with E-state index in [1.807, 2.05) is 29.6 Å². The highest BCUT2D eigenvalue weighted by atomic mass is 32.1. The number of aliphatic carboxylic acids is 1. The molecule has 8 heteroatoms. The van der Waals surface area contributed by atoms with Crippen LogP contribution in [0.3, 0.4) is 0 Å². The Kier molecular flexibility index (Phi) is 6.55. The van der Waals surface area contributed by atoms with Gasteiger partial charge in [-0.05, 0) is 52.1 Å². The SMILES string of the molecule is O=C(NCCCC(=O)N1CCc2sccc2C1C(=O)O)OCC1c2ccccc2-c2ccccc21. The Balaban J connectivity index is 1.10. The number of fused-ring (bicyclic) bond motifs is 4. The van der Waals surface area contributed by atoms with Crippen molar-refractivity contribution in [3.63, 3.8) is 0 Å². The summed E-state index contributed by atoms with van der Waals surface area (Å²) in [5.74, 6) is -1.25. The van der Waals surface area contributed by atoms with Gasteiger partial charge in [-0.3, -0.25) is 4.79 Å². The van der Waals surface area contributed by atoms with E-state index in [0.29, 0.717) is 24.9 Å². The average Bonchev–Trinajstić information content (AvgIpc) is 3.47. The van der Waals surface area contributed by atoms with Gasteiger partial charge in [0.2, 0.25) is 5.91 Å². The second-order valence-corrected chi connectivity index (χ2v) is 9.73. The van der Waals surface area contributed by atoms with Crippen LogP contribution in [-0.2, 0) is 20.7 Å². The number of nitrogens with zero attached hydrogens (tertiary/aromatic N) is 1. The number of carbonyl (C=O) groups is 3. The van der Waals surface area contributed by atoms with Gasteiger partial charge in [-0.15, -0.1) is 11.3 Å². The van der Waals surface area contributed by atoms with Crippen molar-refractivity contribution in [3.05, 3.63) is 81.5 Å².